The Morgan fingerprint density at radius 1 is 1.00 bits per heavy atom. The summed E-state index contributed by atoms with van der Waals surface area (Å²) in [6.45, 7) is 5.36. The Hall–Kier alpha value is -2.42. The second-order valence-corrected chi connectivity index (χ2v) is 6.14. The third-order valence-electron chi connectivity index (χ3n) is 3.63. The average molecular weight is 295 g/mol. The molecule has 1 N–H and O–H groups in total. The second-order valence-electron chi connectivity index (χ2n) is 6.14. The molecule has 0 heterocycles. The van der Waals surface area contributed by atoms with E-state index in [4.69, 9.17) is 0 Å². The highest BCUT2D eigenvalue weighted by molar-refractivity contribution is 5.98. The van der Waals surface area contributed by atoms with Crippen LogP contribution in [0.25, 0.3) is 0 Å². The molecule has 0 saturated carbocycles. The summed E-state index contributed by atoms with van der Waals surface area (Å²) >= 11 is 0. The van der Waals surface area contributed by atoms with Crippen molar-refractivity contribution >= 4 is 17.4 Å². The molecule has 0 spiro atoms. The molecule has 1 amide bonds. The number of carbonyl (C=O) groups excluding carboxylic acids is 2. The van der Waals surface area contributed by atoms with Crippen LogP contribution in [-0.4, -0.2) is 11.7 Å². The molecule has 0 bridgehead atoms. The van der Waals surface area contributed by atoms with Gasteiger partial charge in [0.1, 0.15) is 0 Å². The fraction of sp³-hybridized carbons (Fsp3) is 0.263. The summed E-state index contributed by atoms with van der Waals surface area (Å²) in [6.07, 6.45) is 0.659. The van der Waals surface area contributed by atoms with Gasteiger partial charge >= 0.3 is 0 Å². The van der Waals surface area contributed by atoms with Crippen LogP contribution in [0.3, 0.4) is 0 Å². The number of nitrogens with one attached hydrogen (secondary N) is 1. The van der Waals surface area contributed by atoms with Crippen LogP contribution in [0.5, 0.6) is 0 Å². The molecule has 0 saturated heterocycles. The molecule has 2 rings (SSSR count). The molecule has 0 aliphatic rings. The van der Waals surface area contributed by atoms with E-state index in [2.05, 4.69) is 5.32 Å². The number of Topliss-reactive ketones (excluding diaryl/α,β-unsaturated/α-hetero) is 1. The molecule has 114 valence electrons. The summed E-state index contributed by atoms with van der Waals surface area (Å²) < 4.78 is 0. The lowest BCUT2D eigenvalue weighted by Crippen LogP contribution is -2.32. The fourth-order valence-corrected chi connectivity index (χ4v) is 2.30. The van der Waals surface area contributed by atoms with E-state index in [0.29, 0.717) is 17.7 Å². The SMILES string of the molecule is CC(=O)c1cccc(NC(=O)C(C)(C)Cc2ccccc2)c1. The van der Waals surface area contributed by atoms with Gasteiger partial charge in [0.05, 0.1) is 0 Å². The number of hydrogen-bond donors (Lipinski definition) is 1. The van der Waals surface area contributed by atoms with E-state index in [0.717, 1.165) is 5.56 Å². The maximum Gasteiger partial charge on any atom is 0.230 e. The quantitative estimate of drug-likeness (QED) is 0.844. The van der Waals surface area contributed by atoms with Crippen LogP contribution in [0.1, 0.15) is 36.7 Å². The van der Waals surface area contributed by atoms with E-state index >= 15 is 0 Å². The summed E-state index contributed by atoms with van der Waals surface area (Å²) in [5.74, 6) is -0.0725. The summed E-state index contributed by atoms with van der Waals surface area (Å²) in [7, 11) is 0. The Labute approximate surface area is 131 Å². The number of carbonyl (C=O) groups is 2. The zero-order valence-electron chi connectivity index (χ0n) is 13.2. The highest BCUT2D eigenvalue weighted by Gasteiger charge is 2.28. The molecule has 22 heavy (non-hydrogen) atoms. The molecule has 0 aromatic heterocycles. The van der Waals surface area contributed by atoms with Crippen LogP contribution >= 0.6 is 0 Å². The number of anilines is 1. The van der Waals surface area contributed by atoms with Gasteiger partial charge in [0.25, 0.3) is 0 Å². The summed E-state index contributed by atoms with van der Waals surface area (Å²) in [5, 5.41) is 2.91. The van der Waals surface area contributed by atoms with Gasteiger partial charge in [-0.25, -0.2) is 0 Å². The van der Waals surface area contributed by atoms with Crippen LogP contribution < -0.4 is 5.32 Å². The number of amides is 1. The molecular formula is C19H21NO2. The molecule has 0 aliphatic carbocycles. The van der Waals surface area contributed by atoms with Crippen LogP contribution in [0, 0.1) is 5.41 Å². The van der Waals surface area contributed by atoms with Gasteiger partial charge in [0.15, 0.2) is 5.78 Å². The molecule has 2 aromatic rings. The standard InChI is InChI=1S/C19H21NO2/c1-14(21)16-10-7-11-17(12-16)20-18(22)19(2,3)13-15-8-5-4-6-9-15/h4-12H,13H2,1-3H3,(H,20,22). The Morgan fingerprint density at radius 3 is 2.32 bits per heavy atom. The number of rotatable bonds is 5. The van der Waals surface area contributed by atoms with Crippen molar-refractivity contribution in [3.63, 3.8) is 0 Å². The molecule has 0 radical (unpaired) electrons. The van der Waals surface area contributed by atoms with Gasteiger partial charge < -0.3 is 5.32 Å². The van der Waals surface area contributed by atoms with Gasteiger partial charge in [0.2, 0.25) is 5.91 Å². The van der Waals surface area contributed by atoms with Gasteiger partial charge in [-0.3, -0.25) is 9.59 Å². The van der Waals surface area contributed by atoms with Gasteiger partial charge in [-0.05, 0) is 31.0 Å². The number of benzene rings is 2. The van der Waals surface area contributed by atoms with Crippen molar-refractivity contribution in [2.24, 2.45) is 5.41 Å². The van der Waals surface area contributed by atoms with Crippen LogP contribution in [0.15, 0.2) is 54.6 Å². The van der Waals surface area contributed by atoms with Crippen molar-refractivity contribution in [3.05, 3.63) is 65.7 Å². The van der Waals surface area contributed by atoms with Gasteiger partial charge in [-0.2, -0.15) is 0 Å². The van der Waals surface area contributed by atoms with Crippen molar-refractivity contribution in [2.45, 2.75) is 27.2 Å². The summed E-state index contributed by atoms with van der Waals surface area (Å²) in [5.41, 5.74) is 1.84. The second kappa shape index (κ2) is 6.56. The molecular weight excluding hydrogens is 274 g/mol. The lowest BCUT2D eigenvalue weighted by atomic mass is 9.84. The highest BCUT2D eigenvalue weighted by Crippen LogP contribution is 2.24. The van der Waals surface area contributed by atoms with Crippen molar-refractivity contribution in [2.75, 3.05) is 5.32 Å². The maximum atomic E-state index is 12.5. The largest absolute Gasteiger partial charge is 0.326 e. The third-order valence-corrected chi connectivity index (χ3v) is 3.63. The number of hydrogen-bond acceptors (Lipinski definition) is 2. The van der Waals surface area contributed by atoms with Gasteiger partial charge in [-0.1, -0.05) is 56.3 Å². The first kappa shape index (κ1) is 16.0. The first-order valence-electron chi connectivity index (χ1n) is 7.35. The minimum absolute atomic E-state index is 0.0142. The molecule has 0 atom stereocenters. The Balaban J connectivity index is 2.10. The van der Waals surface area contributed by atoms with Gasteiger partial charge in [-0.15, -0.1) is 0 Å². The Morgan fingerprint density at radius 2 is 1.68 bits per heavy atom. The highest BCUT2D eigenvalue weighted by atomic mass is 16.2. The Bertz CT molecular complexity index is 675. The zero-order valence-corrected chi connectivity index (χ0v) is 13.2. The normalized spacial score (nSPS) is 11.0. The van der Waals surface area contributed by atoms with Crippen LogP contribution in [0.4, 0.5) is 5.69 Å². The predicted octanol–water partition coefficient (Wildman–Crippen LogP) is 4.10. The first-order chi connectivity index (χ1) is 10.4. The molecule has 3 nitrogen and oxygen atoms in total. The van der Waals surface area contributed by atoms with Crippen molar-refractivity contribution in [1.29, 1.82) is 0 Å². The molecule has 0 aliphatic heterocycles. The fourth-order valence-electron chi connectivity index (χ4n) is 2.30. The molecule has 0 unspecified atom stereocenters. The first-order valence-corrected chi connectivity index (χ1v) is 7.35. The molecule has 2 aromatic carbocycles. The van der Waals surface area contributed by atoms with Gasteiger partial charge in [0, 0.05) is 16.7 Å². The van der Waals surface area contributed by atoms with Crippen molar-refractivity contribution in [3.8, 4) is 0 Å². The average Bonchev–Trinajstić information content (AvgIpc) is 2.48. The third kappa shape index (κ3) is 4.04. The summed E-state index contributed by atoms with van der Waals surface area (Å²) in [4.78, 5) is 23.9. The van der Waals surface area contributed by atoms with E-state index in [9.17, 15) is 9.59 Å². The summed E-state index contributed by atoms with van der Waals surface area (Å²) in [6, 6.07) is 17.0. The van der Waals surface area contributed by atoms with E-state index in [1.807, 2.05) is 44.2 Å². The van der Waals surface area contributed by atoms with E-state index in [1.165, 1.54) is 6.92 Å². The molecule has 0 fully saturated rings. The minimum Gasteiger partial charge on any atom is -0.326 e. The van der Waals surface area contributed by atoms with E-state index < -0.39 is 5.41 Å². The van der Waals surface area contributed by atoms with E-state index in [-0.39, 0.29) is 11.7 Å². The monoisotopic (exact) mass is 295 g/mol. The minimum atomic E-state index is -0.534. The van der Waals surface area contributed by atoms with E-state index in [1.54, 1.807) is 24.3 Å². The molecule has 3 heteroatoms. The smallest absolute Gasteiger partial charge is 0.230 e. The maximum absolute atomic E-state index is 12.5. The van der Waals surface area contributed by atoms with Crippen molar-refractivity contribution < 1.29 is 9.59 Å². The zero-order chi connectivity index (χ0) is 16.2. The van der Waals surface area contributed by atoms with Crippen molar-refractivity contribution in [1.82, 2.24) is 0 Å². The lowest BCUT2D eigenvalue weighted by molar-refractivity contribution is -0.123. The topological polar surface area (TPSA) is 46.2 Å². The van der Waals surface area contributed by atoms with Crippen LogP contribution in [-0.2, 0) is 11.2 Å². The predicted molar refractivity (Wildman–Crippen MR) is 89.0 cm³/mol. The Kier molecular flexibility index (Phi) is 4.76. The number of ketones is 1. The lowest BCUT2D eigenvalue weighted by Gasteiger charge is -2.24. The van der Waals surface area contributed by atoms with Crippen LogP contribution in [0.2, 0.25) is 0 Å².